The number of aromatic nitrogens is 2. The SMILES string of the molecule is CCCNc1nc(C)cc(Oc2cccc(Cl)c2Cl)n1. The van der Waals surface area contributed by atoms with Gasteiger partial charge in [-0.15, -0.1) is 0 Å². The highest BCUT2D eigenvalue weighted by atomic mass is 35.5. The van der Waals surface area contributed by atoms with Gasteiger partial charge in [0.2, 0.25) is 11.8 Å². The average Bonchev–Trinajstić information content (AvgIpc) is 2.41. The number of hydrogen-bond acceptors (Lipinski definition) is 4. The molecule has 0 spiro atoms. The molecule has 0 fully saturated rings. The van der Waals surface area contributed by atoms with Crippen LogP contribution in [0.25, 0.3) is 0 Å². The number of rotatable bonds is 5. The van der Waals surface area contributed by atoms with Gasteiger partial charge in [0.05, 0.1) is 5.02 Å². The van der Waals surface area contributed by atoms with Crippen LogP contribution in [0.2, 0.25) is 10.0 Å². The van der Waals surface area contributed by atoms with Crippen LogP contribution in [0.4, 0.5) is 5.95 Å². The molecule has 2 aromatic rings. The zero-order chi connectivity index (χ0) is 14.5. The van der Waals surface area contributed by atoms with E-state index in [2.05, 4.69) is 22.2 Å². The van der Waals surface area contributed by atoms with Gasteiger partial charge in [0.25, 0.3) is 0 Å². The number of aryl methyl sites for hydroxylation is 1. The monoisotopic (exact) mass is 311 g/mol. The molecule has 1 aromatic heterocycles. The third-order valence-electron chi connectivity index (χ3n) is 2.49. The summed E-state index contributed by atoms with van der Waals surface area (Å²) in [5, 5.41) is 3.94. The van der Waals surface area contributed by atoms with Gasteiger partial charge in [-0.1, -0.05) is 36.2 Å². The van der Waals surface area contributed by atoms with Gasteiger partial charge in [0, 0.05) is 18.3 Å². The zero-order valence-corrected chi connectivity index (χ0v) is 12.8. The van der Waals surface area contributed by atoms with Crippen LogP contribution in [0.15, 0.2) is 24.3 Å². The van der Waals surface area contributed by atoms with E-state index in [1.807, 2.05) is 6.92 Å². The zero-order valence-electron chi connectivity index (χ0n) is 11.3. The van der Waals surface area contributed by atoms with Crippen molar-refractivity contribution in [2.75, 3.05) is 11.9 Å². The van der Waals surface area contributed by atoms with E-state index >= 15 is 0 Å². The Balaban J connectivity index is 2.24. The number of hydrogen-bond donors (Lipinski definition) is 1. The standard InChI is InChI=1S/C14H15Cl2N3O/c1-3-7-17-14-18-9(2)8-12(19-14)20-11-6-4-5-10(15)13(11)16/h4-6,8H,3,7H2,1-2H3,(H,17,18,19). The molecule has 0 bridgehead atoms. The Morgan fingerprint density at radius 3 is 2.80 bits per heavy atom. The van der Waals surface area contributed by atoms with E-state index in [0.717, 1.165) is 18.7 Å². The molecule has 0 radical (unpaired) electrons. The highest BCUT2D eigenvalue weighted by Crippen LogP contribution is 2.34. The number of anilines is 1. The van der Waals surface area contributed by atoms with E-state index in [1.165, 1.54) is 0 Å². The number of benzene rings is 1. The van der Waals surface area contributed by atoms with Crippen molar-refractivity contribution in [1.82, 2.24) is 9.97 Å². The molecular formula is C14H15Cl2N3O. The van der Waals surface area contributed by atoms with Gasteiger partial charge in [-0.3, -0.25) is 0 Å². The predicted molar refractivity (Wildman–Crippen MR) is 82.1 cm³/mol. The molecule has 0 aliphatic rings. The lowest BCUT2D eigenvalue weighted by Crippen LogP contribution is -2.05. The first kappa shape index (κ1) is 14.9. The van der Waals surface area contributed by atoms with Crippen molar-refractivity contribution < 1.29 is 4.74 Å². The average molecular weight is 312 g/mol. The molecule has 0 aliphatic heterocycles. The number of ether oxygens (including phenoxy) is 1. The van der Waals surface area contributed by atoms with E-state index in [1.54, 1.807) is 24.3 Å². The van der Waals surface area contributed by atoms with Gasteiger partial charge in [-0.2, -0.15) is 4.98 Å². The first-order chi connectivity index (χ1) is 9.60. The van der Waals surface area contributed by atoms with Crippen molar-refractivity contribution in [3.63, 3.8) is 0 Å². The highest BCUT2D eigenvalue weighted by molar-refractivity contribution is 6.42. The molecule has 20 heavy (non-hydrogen) atoms. The lowest BCUT2D eigenvalue weighted by Gasteiger charge is -2.10. The van der Waals surface area contributed by atoms with E-state index < -0.39 is 0 Å². The Hall–Kier alpha value is -1.52. The molecule has 1 N–H and O–H groups in total. The largest absolute Gasteiger partial charge is 0.437 e. The number of nitrogens with one attached hydrogen (secondary N) is 1. The smallest absolute Gasteiger partial charge is 0.226 e. The molecule has 1 heterocycles. The van der Waals surface area contributed by atoms with E-state index in [-0.39, 0.29) is 0 Å². The fourth-order valence-electron chi connectivity index (χ4n) is 1.58. The van der Waals surface area contributed by atoms with Crippen LogP contribution in [-0.4, -0.2) is 16.5 Å². The van der Waals surface area contributed by atoms with E-state index in [4.69, 9.17) is 27.9 Å². The molecule has 0 amide bonds. The van der Waals surface area contributed by atoms with Crippen molar-refractivity contribution in [3.05, 3.63) is 40.0 Å². The molecule has 6 heteroatoms. The summed E-state index contributed by atoms with van der Waals surface area (Å²) in [5.74, 6) is 1.44. The first-order valence-corrected chi connectivity index (χ1v) is 7.07. The summed E-state index contributed by atoms with van der Waals surface area (Å²) >= 11 is 12.0. The number of nitrogens with zero attached hydrogens (tertiary/aromatic N) is 2. The second-order valence-electron chi connectivity index (χ2n) is 4.25. The summed E-state index contributed by atoms with van der Waals surface area (Å²) in [6, 6.07) is 6.96. The molecule has 1 aromatic carbocycles. The van der Waals surface area contributed by atoms with Crippen LogP contribution in [0.3, 0.4) is 0 Å². The summed E-state index contributed by atoms with van der Waals surface area (Å²) in [6.45, 7) is 4.76. The summed E-state index contributed by atoms with van der Waals surface area (Å²) in [4.78, 5) is 8.58. The van der Waals surface area contributed by atoms with Gasteiger partial charge < -0.3 is 10.1 Å². The Kier molecular flexibility index (Phi) is 5.04. The minimum Gasteiger partial charge on any atom is -0.437 e. The fraction of sp³-hybridized carbons (Fsp3) is 0.286. The van der Waals surface area contributed by atoms with Gasteiger partial charge >= 0.3 is 0 Å². The Morgan fingerprint density at radius 2 is 2.05 bits per heavy atom. The van der Waals surface area contributed by atoms with Crippen LogP contribution in [-0.2, 0) is 0 Å². The van der Waals surface area contributed by atoms with Crippen LogP contribution in [0, 0.1) is 6.92 Å². The molecular weight excluding hydrogens is 297 g/mol. The van der Waals surface area contributed by atoms with Crippen molar-refractivity contribution in [3.8, 4) is 11.6 Å². The normalized spacial score (nSPS) is 10.4. The van der Waals surface area contributed by atoms with Gasteiger partial charge in [0.1, 0.15) is 10.8 Å². The molecule has 4 nitrogen and oxygen atoms in total. The molecule has 2 rings (SSSR count). The van der Waals surface area contributed by atoms with Crippen LogP contribution >= 0.6 is 23.2 Å². The fourth-order valence-corrected chi connectivity index (χ4v) is 1.91. The minimum absolute atomic E-state index is 0.369. The van der Waals surface area contributed by atoms with Crippen molar-refractivity contribution in [1.29, 1.82) is 0 Å². The van der Waals surface area contributed by atoms with E-state index in [0.29, 0.717) is 27.6 Å². The summed E-state index contributed by atoms with van der Waals surface area (Å²) < 4.78 is 5.68. The first-order valence-electron chi connectivity index (χ1n) is 6.31. The van der Waals surface area contributed by atoms with Crippen molar-refractivity contribution in [2.24, 2.45) is 0 Å². The maximum absolute atomic E-state index is 6.09. The summed E-state index contributed by atoms with van der Waals surface area (Å²) in [6.07, 6.45) is 0.994. The highest BCUT2D eigenvalue weighted by Gasteiger charge is 2.09. The second kappa shape index (κ2) is 6.77. The predicted octanol–water partition coefficient (Wildman–Crippen LogP) is 4.71. The lowest BCUT2D eigenvalue weighted by atomic mass is 10.3. The minimum atomic E-state index is 0.369. The number of halogens is 2. The maximum atomic E-state index is 6.09. The molecule has 106 valence electrons. The Bertz CT molecular complexity index is 605. The second-order valence-corrected chi connectivity index (χ2v) is 5.04. The van der Waals surface area contributed by atoms with Gasteiger partial charge in [-0.05, 0) is 25.5 Å². The summed E-state index contributed by atoms with van der Waals surface area (Å²) in [5.41, 5.74) is 0.812. The van der Waals surface area contributed by atoms with Gasteiger partial charge in [0.15, 0.2) is 0 Å². The van der Waals surface area contributed by atoms with Crippen LogP contribution in [0.5, 0.6) is 11.6 Å². The van der Waals surface area contributed by atoms with Crippen molar-refractivity contribution >= 4 is 29.2 Å². The van der Waals surface area contributed by atoms with Crippen LogP contribution in [0.1, 0.15) is 19.0 Å². The molecule has 0 saturated carbocycles. The Labute approximate surface area is 128 Å². The van der Waals surface area contributed by atoms with Crippen molar-refractivity contribution in [2.45, 2.75) is 20.3 Å². The maximum Gasteiger partial charge on any atom is 0.226 e. The summed E-state index contributed by atoms with van der Waals surface area (Å²) in [7, 11) is 0. The molecule has 0 atom stereocenters. The Morgan fingerprint density at radius 1 is 1.25 bits per heavy atom. The molecule has 0 unspecified atom stereocenters. The third kappa shape index (κ3) is 3.74. The van der Waals surface area contributed by atoms with Gasteiger partial charge in [-0.25, -0.2) is 4.98 Å². The van der Waals surface area contributed by atoms with Crippen LogP contribution < -0.4 is 10.1 Å². The van der Waals surface area contributed by atoms with E-state index in [9.17, 15) is 0 Å². The molecule has 0 aliphatic carbocycles. The lowest BCUT2D eigenvalue weighted by molar-refractivity contribution is 0.462. The molecule has 0 saturated heterocycles. The third-order valence-corrected chi connectivity index (χ3v) is 3.30. The quantitative estimate of drug-likeness (QED) is 0.869. The topological polar surface area (TPSA) is 47.0 Å².